The SMILES string of the molecule is O=C1OC[C@@H](Cc2ccccc2)N1C(=O)C(Cc1ccc(F)cc1F)c1ccc(-c2ccnc3ccc(F)cc23)cc1. The van der Waals surface area contributed by atoms with E-state index in [1.54, 1.807) is 42.6 Å². The van der Waals surface area contributed by atoms with E-state index in [1.807, 2.05) is 30.3 Å². The Morgan fingerprint density at radius 2 is 1.64 bits per heavy atom. The smallest absolute Gasteiger partial charge is 0.417 e. The Kier molecular flexibility index (Phi) is 7.44. The molecule has 1 aromatic heterocycles. The van der Waals surface area contributed by atoms with Gasteiger partial charge in [-0.25, -0.2) is 22.9 Å². The van der Waals surface area contributed by atoms with E-state index in [-0.39, 0.29) is 24.4 Å². The third-order valence-corrected chi connectivity index (χ3v) is 7.58. The number of imide groups is 1. The van der Waals surface area contributed by atoms with Crippen LogP contribution in [0.1, 0.15) is 22.6 Å². The number of benzene rings is 4. The molecule has 4 aromatic carbocycles. The van der Waals surface area contributed by atoms with Crippen molar-refractivity contribution in [3.8, 4) is 11.1 Å². The van der Waals surface area contributed by atoms with Crippen LogP contribution in [0.2, 0.25) is 0 Å². The normalized spacial score (nSPS) is 15.5. The number of cyclic esters (lactones) is 1. The fraction of sp³-hybridized carbons (Fsp3) is 0.147. The highest BCUT2D eigenvalue weighted by Gasteiger charge is 2.41. The fourth-order valence-electron chi connectivity index (χ4n) is 5.45. The van der Waals surface area contributed by atoms with Gasteiger partial charge in [0.25, 0.3) is 0 Å². The molecule has 210 valence electrons. The minimum absolute atomic E-state index is 0.0434. The van der Waals surface area contributed by atoms with Crippen LogP contribution >= 0.6 is 0 Å². The molecule has 8 heteroatoms. The molecular weight excluding hydrogens is 541 g/mol. The fourth-order valence-corrected chi connectivity index (χ4v) is 5.45. The van der Waals surface area contributed by atoms with Gasteiger partial charge >= 0.3 is 6.09 Å². The van der Waals surface area contributed by atoms with Crippen molar-refractivity contribution in [2.45, 2.75) is 24.8 Å². The monoisotopic (exact) mass is 566 g/mol. The summed E-state index contributed by atoms with van der Waals surface area (Å²) in [5, 5.41) is 0.634. The molecule has 1 saturated heterocycles. The molecule has 0 saturated carbocycles. The van der Waals surface area contributed by atoms with Crippen LogP contribution < -0.4 is 0 Å². The molecule has 1 aliphatic rings. The molecule has 5 aromatic rings. The second kappa shape index (κ2) is 11.5. The zero-order chi connectivity index (χ0) is 29.2. The van der Waals surface area contributed by atoms with Gasteiger partial charge in [-0.15, -0.1) is 0 Å². The Bertz CT molecular complexity index is 1780. The van der Waals surface area contributed by atoms with Gasteiger partial charge in [0.05, 0.1) is 17.5 Å². The minimum atomic E-state index is -0.963. The Morgan fingerprint density at radius 1 is 0.905 bits per heavy atom. The molecule has 2 amide bonds. The van der Waals surface area contributed by atoms with Crippen molar-refractivity contribution in [2.75, 3.05) is 6.61 Å². The number of amides is 2. The van der Waals surface area contributed by atoms with Crippen LogP contribution in [-0.4, -0.2) is 34.5 Å². The molecule has 2 heterocycles. The number of carbonyl (C=O) groups excluding carboxylic acids is 2. The minimum Gasteiger partial charge on any atom is -0.447 e. The van der Waals surface area contributed by atoms with Gasteiger partial charge in [-0.3, -0.25) is 9.78 Å². The molecule has 0 bridgehead atoms. The maximum Gasteiger partial charge on any atom is 0.417 e. The number of hydrogen-bond donors (Lipinski definition) is 0. The number of pyridine rings is 1. The summed E-state index contributed by atoms with van der Waals surface area (Å²) >= 11 is 0. The number of rotatable bonds is 7. The van der Waals surface area contributed by atoms with Crippen LogP contribution in [0.5, 0.6) is 0 Å². The van der Waals surface area contributed by atoms with E-state index in [4.69, 9.17) is 4.74 Å². The summed E-state index contributed by atoms with van der Waals surface area (Å²) in [5.74, 6) is -3.39. The average Bonchev–Trinajstić information content (AvgIpc) is 3.36. The Labute approximate surface area is 240 Å². The second-order valence-corrected chi connectivity index (χ2v) is 10.3. The van der Waals surface area contributed by atoms with Crippen molar-refractivity contribution in [3.05, 3.63) is 137 Å². The Morgan fingerprint density at radius 3 is 2.40 bits per heavy atom. The molecule has 0 spiro atoms. The third kappa shape index (κ3) is 5.48. The standard InChI is InChI=1S/C34H25F3N2O3/c35-25-12-13-32-30(18-25)28(14-15-38-32)22-6-8-23(9-7-22)29(17-24-10-11-26(36)19-31(24)37)33(40)39-27(20-42-34(39)41)16-21-4-2-1-3-5-21/h1-15,18-19,27,29H,16-17,20H2/t27-,29?/m1/s1. The summed E-state index contributed by atoms with van der Waals surface area (Å²) in [4.78, 5) is 32.3. The number of fused-ring (bicyclic) bond motifs is 1. The first-order chi connectivity index (χ1) is 20.4. The average molecular weight is 567 g/mol. The van der Waals surface area contributed by atoms with E-state index in [2.05, 4.69) is 4.98 Å². The van der Waals surface area contributed by atoms with Crippen LogP contribution in [0.25, 0.3) is 22.0 Å². The van der Waals surface area contributed by atoms with Crippen molar-refractivity contribution in [1.82, 2.24) is 9.88 Å². The van der Waals surface area contributed by atoms with E-state index in [1.165, 1.54) is 18.2 Å². The largest absolute Gasteiger partial charge is 0.447 e. The number of ether oxygens (including phenoxy) is 1. The lowest BCUT2D eigenvalue weighted by atomic mass is 9.88. The highest BCUT2D eigenvalue weighted by Crippen LogP contribution is 2.33. The number of aromatic nitrogens is 1. The van der Waals surface area contributed by atoms with E-state index in [0.717, 1.165) is 33.7 Å². The number of nitrogens with zero attached hydrogens (tertiary/aromatic N) is 2. The maximum absolute atomic E-state index is 14.8. The first-order valence-corrected chi connectivity index (χ1v) is 13.5. The van der Waals surface area contributed by atoms with E-state index in [0.29, 0.717) is 22.9 Å². The van der Waals surface area contributed by atoms with Crippen molar-refractivity contribution >= 4 is 22.9 Å². The van der Waals surface area contributed by atoms with Crippen LogP contribution in [0.3, 0.4) is 0 Å². The van der Waals surface area contributed by atoms with Gasteiger partial charge in [-0.1, -0.05) is 60.7 Å². The summed E-state index contributed by atoms with van der Waals surface area (Å²) in [6.45, 7) is 0.0434. The topological polar surface area (TPSA) is 59.5 Å². The van der Waals surface area contributed by atoms with E-state index < -0.39 is 35.6 Å². The third-order valence-electron chi connectivity index (χ3n) is 7.58. The number of hydrogen-bond acceptors (Lipinski definition) is 4. The summed E-state index contributed by atoms with van der Waals surface area (Å²) in [6, 6.07) is 25.3. The van der Waals surface area contributed by atoms with Gasteiger partial charge < -0.3 is 4.74 Å². The molecular formula is C34H25F3N2O3. The molecule has 2 atom stereocenters. The Balaban J connectivity index is 1.36. The van der Waals surface area contributed by atoms with Gasteiger partial charge in [0.2, 0.25) is 5.91 Å². The molecule has 0 N–H and O–H groups in total. The summed E-state index contributed by atoms with van der Waals surface area (Å²) < 4.78 is 47.8. The molecule has 1 unspecified atom stereocenters. The van der Waals surface area contributed by atoms with Crippen molar-refractivity contribution in [2.24, 2.45) is 0 Å². The van der Waals surface area contributed by atoms with E-state index >= 15 is 0 Å². The van der Waals surface area contributed by atoms with Crippen LogP contribution in [0.4, 0.5) is 18.0 Å². The van der Waals surface area contributed by atoms with Crippen LogP contribution in [-0.2, 0) is 22.4 Å². The highest BCUT2D eigenvalue weighted by atomic mass is 19.1. The predicted octanol–water partition coefficient (Wildman–Crippen LogP) is 7.24. The van der Waals surface area contributed by atoms with Gasteiger partial charge in [0.1, 0.15) is 24.1 Å². The van der Waals surface area contributed by atoms with Crippen molar-refractivity contribution < 1.29 is 27.5 Å². The summed E-state index contributed by atoms with van der Waals surface area (Å²) in [6.07, 6.45) is 1.18. The molecule has 42 heavy (non-hydrogen) atoms. The quantitative estimate of drug-likeness (QED) is 0.209. The van der Waals surface area contributed by atoms with Crippen LogP contribution in [0, 0.1) is 17.5 Å². The zero-order valence-corrected chi connectivity index (χ0v) is 22.3. The number of halogens is 3. The van der Waals surface area contributed by atoms with Gasteiger partial charge in [0.15, 0.2) is 0 Å². The maximum atomic E-state index is 14.8. The predicted molar refractivity (Wildman–Crippen MR) is 152 cm³/mol. The first-order valence-electron chi connectivity index (χ1n) is 13.5. The molecule has 0 radical (unpaired) electrons. The van der Waals surface area contributed by atoms with Gasteiger partial charge in [0, 0.05) is 17.6 Å². The molecule has 0 aliphatic carbocycles. The summed E-state index contributed by atoms with van der Waals surface area (Å²) in [5.41, 5.74) is 3.76. The zero-order valence-electron chi connectivity index (χ0n) is 22.3. The van der Waals surface area contributed by atoms with Crippen LogP contribution in [0.15, 0.2) is 103 Å². The molecule has 6 rings (SSSR count). The van der Waals surface area contributed by atoms with Gasteiger partial charge in [-0.2, -0.15) is 0 Å². The van der Waals surface area contributed by atoms with Gasteiger partial charge in [-0.05, 0) is 71.0 Å². The molecule has 1 aliphatic heterocycles. The van der Waals surface area contributed by atoms with Crippen molar-refractivity contribution in [1.29, 1.82) is 0 Å². The highest BCUT2D eigenvalue weighted by molar-refractivity contribution is 5.98. The lowest BCUT2D eigenvalue weighted by Gasteiger charge is -2.26. The lowest BCUT2D eigenvalue weighted by Crippen LogP contribution is -2.43. The summed E-state index contributed by atoms with van der Waals surface area (Å²) in [7, 11) is 0. The molecule has 5 nitrogen and oxygen atoms in total. The first kappa shape index (κ1) is 27.2. The second-order valence-electron chi connectivity index (χ2n) is 10.3. The number of carbonyl (C=O) groups is 2. The van der Waals surface area contributed by atoms with E-state index in [9.17, 15) is 22.8 Å². The molecule has 1 fully saturated rings. The lowest BCUT2D eigenvalue weighted by molar-refractivity contribution is -0.130. The Hall–Kier alpha value is -4.98. The van der Waals surface area contributed by atoms with Crippen molar-refractivity contribution in [3.63, 3.8) is 0 Å².